The largest absolute Gasteiger partial charge is 0.468 e. The Kier molecular flexibility index (Phi) is 7.60. The molecule has 1 aromatic carbocycles. The Morgan fingerprint density at radius 2 is 1.93 bits per heavy atom. The van der Waals surface area contributed by atoms with Gasteiger partial charge in [-0.15, -0.1) is 24.0 Å². The molecule has 2 aromatic heterocycles. The highest BCUT2D eigenvalue weighted by Gasteiger charge is 2.25. The SMILES string of the molecule is CN=C(NCc1oc2ccccc2c1C)NCC(c1ccco1)N1CCCC1.I. The summed E-state index contributed by atoms with van der Waals surface area (Å²) < 4.78 is 11.7. The van der Waals surface area contributed by atoms with Crippen LogP contribution < -0.4 is 10.6 Å². The highest BCUT2D eigenvalue weighted by molar-refractivity contribution is 14.0. The van der Waals surface area contributed by atoms with Crippen molar-refractivity contribution < 1.29 is 8.83 Å². The molecule has 1 fully saturated rings. The lowest BCUT2D eigenvalue weighted by Gasteiger charge is -2.26. The van der Waals surface area contributed by atoms with E-state index in [4.69, 9.17) is 8.83 Å². The van der Waals surface area contributed by atoms with Crippen molar-refractivity contribution in [1.29, 1.82) is 0 Å². The van der Waals surface area contributed by atoms with Crippen molar-refractivity contribution in [2.45, 2.75) is 32.4 Å². The molecule has 4 rings (SSSR count). The molecule has 0 spiro atoms. The van der Waals surface area contributed by atoms with Crippen LogP contribution in [-0.4, -0.2) is 37.5 Å². The maximum atomic E-state index is 5.99. The monoisotopic (exact) mass is 508 g/mol. The molecule has 3 aromatic rings. The van der Waals surface area contributed by atoms with Gasteiger partial charge in [0, 0.05) is 24.5 Å². The van der Waals surface area contributed by atoms with Crippen molar-refractivity contribution in [3.63, 3.8) is 0 Å². The van der Waals surface area contributed by atoms with Crippen molar-refractivity contribution in [2.24, 2.45) is 4.99 Å². The van der Waals surface area contributed by atoms with Crippen LogP contribution in [0.5, 0.6) is 0 Å². The second kappa shape index (κ2) is 10.2. The summed E-state index contributed by atoms with van der Waals surface area (Å²) >= 11 is 0. The number of guanidine groups is 1. The molecule has 0 saturated carbocycles. The zero-order chi connectivity index (χ0) is 19.3. The van der Waals surface area contributed by atoms with E-state index in [2.05, 4.69) is 39.6 Å². The fourth-order valence-electron chi connectivity index (χ4n) is 3.92. The fraction of sp³-hybridized carbons (Fsp3) is 0.409. The van der Waals surface area contributed by atoms with Crippen molar-refractivity contribution in [3.05, 3.63) is 59.7 Å². The Balaban J connectivity index is 0.00000240. The van der Waals surface area contributed by atoms with Gasteiger partial charge in [-0.05, 0) is 51.1 Å². The van der Waals surface area contributed by atoms with Crippen LogP contribution in [0.2, 0.25) is 0 Å². The first kappa shape index (κ1) is 21.7. The molecule has 0 bridgehead atoms. The van der Waals surface area contributed by atoms with Crippen LogP contribution in [0.1, 0.15) is 36.0 Å². The number of hydrogen-bond donors (Lipinski definition) is 2. The van der Waals surface area contributed by atoms with Crippen LogP contribution in [0, 0.1) is 6.92 Å². The summed E-state index contributed by atoms with van der Waals surface area (Å²) in [6.07, 6.45) is 4.24. The summed E-state index contributed by atoms with van der Waals surface area (Å²) in [5.41, 5.74) is 2.09. The van der Waals surface area contributed by atoms with Gasteiger partial charge in [-0.3, -0.25) is 9.89 Å². The molecule has 3 heterocycles. The maximum absolute atomic E-state index is 5.99. The number of halogens is 1. The number of furan rings is 2. The Morgan fingerprint density at radius 3 is 2.62 bits per heavy atom. The normalized spacial score (nSPS) is 16.0. The predicted octanol–water partition coefficient (Wildman–Crippen LogP) is 4.45. The van der Waals surface area contributed by atoms with Gasteiger partial charge < -0.3 is 19.5 Å². The molecule has 6 nitrogen and oxygen atoms in total. The number of aryl methyl sites for hydroxylation is 1. The smallest absolute Gasteiger partial charge is 0.191 e. The van der Waals surface area contributed by atoms with Gasteiger partial charge in [-0.1, -0.05) is 18.2 Å². The van der Waals surface area contributed by atoms with Gasteiger partial charge in [0.2, 0.25) is 0 Å². The summed E-state index contributed by atoms with van der Waals surface area (Å²) in [7, 11) is 1.79. The number of nitrogens with zero attached hydrogens (tertiary/aromatic N) is 2. The standard InChI is InChI=1S/C22H28N4O2.HI/c1-16-17-8-3-4-9-19(17)28-21(16)15-25-22(23-2)24-14-18(20-10-7-13-27-20)26-11-5-6-12-26;/h3-4,7-10,13,18H,5-6,11-12,14-15H2,1-2H3,(H2,23,24,25);1H. The van der Waals surface area contributed by atoms with Gasteiger partial charge >= 0.3 is 0 Å². The molecular weight excluding hydrogens is 479 g/mol. The van der Waals surface area contributed by atoms with Crippen LogP contribution in [0.3, 0.4) is 0 Å². The second-order valence-corrected chi connectivity index (χ2v) is 7.23. The van der Waals surface area contributed by atoms with E-state index < -0.39 is 0 Å². The molecule has 7 heteroatoms. The first-order chi connectivity index (χ1) is 13.8. The average Bonchev–Trinajstić information content (AvgIpc) is 3.48. The van der Waals surface area contributed by atoms with Gasteiger partial charge in [0.1, 0.15) is 17.1 Å². The predicted molar refractivity (Wildman–Crippen MR) is 127 cm³/mol. The third kappa shape index (κ3) is 4.95. The molecule has 1 atom stereocenters. The summed E-state index contributed by atoms with van der Waals surface area (Å²) in [6, 6.07) is 12.3. The van der Waals surface area contributed by atoms with Crippen LogP contribution in [0.4, 0.5) is 0 Å². The number of likely N-dealkylation sites (tertiary alicyclic amines) is 1. The molecule has 1 unspecified atom stereocenters. The summed E-state index contributed by atoms with van der Waals surface area (Å²) in [6.45, 7) is 5.65. The molecule has 1 saturated heterocycles. The second-order valence-electron chi connectivity index (χ2n) is 7.23. The Labute approximate surface area is 188 Å². The molecule has 0 amide bonds. The molecule has 2 N–H and O–H groups in total. The number of para-hydroxylation sites is 1. The lowest BCUT2D eigenvalue weighted by Crippen LogP contribution is -2.42. The van der Waals surface area contributed by atoms with Gasteiger partial charge in [0.05, 0.1) is 18.8 Å². The van der Waals surface area contributed by atoms with Crippen molar-refractivity contribution >= 4 is 40.9 Å². The van der Waals surface area contributed by atoms with E-state index in [9.17, 15) is 0 Å². The lowest BCUT2D eigenvalue weighted by molar-refractivity contribution is 0.215. The number of aliphatic imine (C=N–C) groups is 1. The highest BCUT2D eigenvalue weighted by Crippen LogP contribution is 2.26. The third-order valence-electron chi connectivity index (χ3n) is 5.50. The van der Waals surface area contributed by atoms with E-state index in [0.717, 1.165) is 48.1 Å². The minimum absolute atomic E-state index is 0. The lowest BCUT2D eigenvalue weighted by atomic mass is 10.1. The molecule has 156 valence electrons. The minimum Gasteiger partial charge on any atom is -0.468 e. The van der Waals surface area contributed by atoms with E-state index in [0.29, 0.717) is 6.54 Å². The Morgan fingerprint density at radius 1 is 1.14 bits per heavy atom. The molecule has 29 heavy (non-hydrogen) atoms. The van der Waals surface area contributed by atoms with Gasteiger partial charge in [-0.2, -0.15) is 0 Å². The number of benzene rings is 1. The fourth-order valence-corrected chi connectivity index (χ4v) is 3.92. The van der Waals surface area contributed by atoms with Crippen LogP contribution in [-0.2, 0) is 6.54 Å². The molecule has 1 aliphatic heterocycles. The van der Waals surface area contributed by atoms with Crippen molar-refractivity contribution in [1.82, 2.24) is 15.5 Å². The third-order valence-corrected chi connectivity index (χ3v) is 5.50. The molecule has 0 radical (unpaired) electrons. The van der Waals surface area contributed by atoms with Crippen LogP contribution >= 0.6 is 24.0 Å². The first-order valence-corrected chi connectivity index (χ1v) is 9.95. The van der Waals surface area contributed by atoms with E-state index in [-0.39, 0.29) is 30.0 Å². The van der Waals surface area contributed by atoms with E-state index >= 15 is 0 Å². The van der Waals surface area contributed by atoms with Crippen LogP contribution in [0.15, 0.2) is 56.5 Å². The quantitative estimate of drug-likeness (QED) is 0.293. The van der Waals surface area contributed by atoms with Gasteiger partial charge in [0.25, 0.3) is 0 Å². The number of hydrogen-bond acceptors (Lipinski definition) is 4. The van der Waals surface area contributed by atoms with Crippen molar-refractivity contribution in [2.75, 3.05) is 26.7 Å². The topological polar surface area (TPSA) is 65.9 Å². The summed E-state index contributed by atoms with van der Waals surface area (Å²) in [5, 5.41) is 7.99. The van der Waals surface area contributed by atoms with E-state index in [1.54, 1.807) is 13.3 Å². The number of rotatable bonds is 6. The average molecular weight is 508 g/mol. The number of fused-ring (bicyclic) bond motifs is 1. The zero-order valence-corrected chi connectivity index (χ0v) is 19.3. The summed E-state index contributed by atoms with van der Waals surface area (Å²) in [4.78, 5) is 6.84. The van der Waals surface area contributed by atoms with Gasteiger partial charge in [-0.25, -0.2) is 0 Å². The van der Waals surface area contributed by atoms with Crippen LogP contribution in [0.25, 0.3) is 11.0 Å². The maximum Gasteiger partial charge on any atom is 0.191 e. The highest BCUT2D eigenvalue weighted by atomic mass is 127. The van der Waals surface area contributed by atoms with E-state index in [1.165, 1.54) is 18.4 Å². The Bertz CT molecular complexity index is 930. The summed E-state index contributed by atoms with van der Waals surface area (Å²) in [5.74, 6) is 2.69. The molecular formula is C22H29IN4O2. The molecule has 0 aliphatic carbocycles. The van der Waals surface area contributed by atoms with Gasteiger partial charge in [0.15, 0.2) is 5.96 Å². The van der Waals surface area contributed by atoms with E-state index in [1.807, 2.05) is 24.3 Å². The number of nitrogens with one attached hydrogen (secondary N) is 2. The Hall–Kier alpha value is -2.00. The van der Waals surface area contributed by atoms with Crippen molar-refractivity contribution in [3.8, 4) is 0 Å². The molecule has 1 aliphatic rings. The minimum atomic E-state index is 0. The first-order valence-electron chi connectivity index (χ1n) is 9.95. The zero-order valence-electron chi connectivity index (χ0n) is 17.0.